The van der Waals surface area contributed by atoms with Crippen molar-refractivity contribution in [2.45, 2.75) is 38.5 Å². The first kappa shape index (κ1) is 28.6. The van der Waals surface area contributed by atoms with Gasteiger partial charge in [0.05, 0.1) is 39.8 Å². The number of oxazole rings is 1. The van der Waals surface area contributed by atoms with Crippen molar-refractivity contribution in [2.75, 3.05) is 0 Å². The summed E-state index contributed by atoms with van der Waals surface area (Å²) in [5.74, 6) is 2.52. The van der Waals surface area contributed by atoms with Gasteiger partial charge in [-0.3, -0.25) is 4.57 Å². The van der Waals surface area contributed by atoms with E-state index in [2.05, 4.69) is 115 Å². The summed E-state index contributed by atoms with van der Waals surface area (Å²) in [5, 5.41) is 2.03. The van der Waals surface area contributed by atoms with E-state index in [0.29, 0.717) is 11.6 Å². The molecule has 51 heavy (non-hydrogen) atoms. The molecule has 0 spiro atoms. The topological polar surface area (TPSA) is 69.9 Å². The summed E-state index contributed by atoms with van der Waals surface area (Å²) >= 11 is 0. The maximum absolute atomic E-state index is 6.73. The normalized spacial score (nSPS) is 15.9. The summed E-state index contributed by atoms with van der Waals surface area (Å²) in [7, 11) is 0. The molecule has 0 saturated heterocycles. The van der Waals surface area contributed by atoms with E-state index < -0.39 is 0 Å². The molecule has 4 aromatic heterocycles. The minimum atomic E-state index is -0.121. The zero-order valence-electron chi connectivity index (χ0n) is 28.4. The van der Waals surface area contributed by atoms with Gasteiger partial charge in [0, 0.05) is 22.0 Å². The Morgan fingerprint density at radius 3 is 2.27 bits per heavy atom. The van der Waals surface area contributed by atoms with Gasteiger partial charge in [-0.05, 0) is 83.1 Å². The van der Waals surface area contributed by atoms with Crippen molar-refractivity contribution in [3.05, 3.63) is 166 Å². The van der Waals surface area contributed by atoms with E-state index in [1.807, 2.05) is 31.2 Å². The molecule has 0 saturated carbocycles. The fraction of sp³-hybridized carbons (Fsp3) is 0.133. The van der Waals surface area contributed by atoms with Crippen molar-refractivity contribution in [1.82, 2.24) is 19.5 Å². The Bertz CT molecular complexity index is 2870. The van der Waals surface area contributed by atoms with Crippen molar-refractivity contribution in [1.29, 1.82) is 0 Å². The van der Waals surface area contributed by atoms with Gasteiger partial charge in [-0.1, -0.05) is 92.7 Å². The van der Waals surface area contributed by atoms with Gasteiger partial charge in [0.2, 0.25) is 11.6 Å². The molecule has 2 bridgehead atoms. The van der Waals surface area contributed by atoms with Crippen LogP contribution in [0.5, 0.6) is 0 Å². The Morgan fingerprint density at radius 2 is 1.43 bits per heavy atom. The van der Waals surface area contributed by atoms with Crippen LogP contribution in [0.4, 0.5) is 0 Å². The highest BCUT2D eigenvalue weighted by molar-refractivity contribution is 6.08. The number of para-hydroxylation sites is 2. The van der Waals surface area contributed by atoms with Gasteiger partial charge < -0.3 is 8.83 Å². The first-order chi connectivity index (χ1) is 25.0. The summed E-state index contributed by atoms with van der Waals surface area (Å²) in [4.78, 5) is 15.5. The zero-order valence-corrected chi connectivity index (χ0v) is 28.4. The van der Waals surface area contributed by atoms with Crippen LogP contribution in [0.15, 0.2) is 130 Å². The van der Waals surface area contributed by atoms with Gasteiger partial charge in [-0.25, -0.2) is 15.0 Å². The molecule has 12 rings (SSSR count). The predicted molar refractivity (Wildman–Crippen MR) is 201 cm³/mol. The molecule has 6 nitrogen and oxygen atoms in total. The van der Waals surface area contributed by atoms with Crippen LogP contribution in [0.1, 0.15) is 76.6 Å². The fourth-order valence-corrected chi connectivity index (χ4v) is 8.69. The third-order valence-electron chi connectivity index (χ3n) is 10.9. The van der Waals surface area contributed by atoms with Crippen LogP contribution in [0.2, 0.25) is 0 Å². The molecule has 0 amide bonds. The average Bonchev–Trinajstić information content (AvgIpc) is 3.88. The Kier molecular flexibility index (Phi) is 5.81. The molecule has 0 N–H and O–H groups in total. The van der Waals surface area contributed by atoms with Crippen LogP contribution < -0.4 is 0 Å². The number of imidazole rings is 1. The summed E-state index contributed by atoms with van der Waals surface area (Å²) in [5.41, 5.74) is 14.7. The SMILES string of the molecule is Cc1ccc2c(n1)oc1c(-c3nc4ccc5c(c4n3-c3ccccc3C(C)C)C3c4ccccc4C5c4oc(-c5ccccc5)nc43)cccc12. The van der Waals surface area contributed by atoms with Crippen LogP contribution in [0.25, 0.3) is 61.6 Å². The molecule has 0 fully saturated rings. The van der Waals surface area contributed by atoms with Crippen LogP contribution >= 0.6 is 0 Å². The van der Waals surface area contributed by atoms with Gasteiger partial charge in [0.1, 0.15) is 17.2 Å². The molecule has 9 aromatic rings. The molecule has 3 aliphatic carbocycles. The van der Waals surface area contributed by atoms with E-state index in [1.165, 1.54) is 27.8 Å². The molecule has 4 heterocycles. The summed E-state index contributed by atoms with van der Waals surface area (Å²) in [6.07, 6.45) is 0. The van der Waals surface area contributed by atoms with Crippen LogP contribution in [-0.2, 0) is 0 Å². The molecular formula is C45H32N4O2. The highest BCUT2D eigenvalue weighted by Gasteiger charge is 2.47. The lowest BCUT2D eigenvalue weighted by atomic mass is 9.64. The Balaban J connectivity index is 1.25. The van der Waals surface area contributed by atoms with E-state index in [1.54, 1.807) is 0 Å². The van der Waals surface area contributed by atoms with Crippen molar-refractivity contribution >= 4 is 33.1 Å². The van der Waals surface area contributed by atoms with Crippen molar-refractivity contribution in [2.24, 2.45) is 0 Å². The number of furan rings is 1. The fourth-order valence-electron chi connectivity index (χ4n) is 8.69. The number of pyridine rings is 1. The Labute approximate surface area is 294 Å². The highest BCUT2D eigenvalue weighted by Crippen LogP contribution is 2.58. The summed E-state index contributed by atoms with van der Waals surface area (Å²) in [6, 6.07) is 42.7. The van der Waals surface area contributed by atoms with Gasteiger partial charge in [-0.2, -0.15) is 0 Å². The molecule has 244 valence electrons. The van der Waals surface area contributed by atoms with E-state index in [-0.39, 0.29) is 17.8 Å². The van der Waals surface area contributed by atoms with Crippen LogP contribution in [0.3, 0.4) is 0 Å². The Hall–Kier alpha value is -6.27. The molecule has 0 radical (unpaired) electrons. The van der Waals surface area contributed by atoms with E-state index in [9.17, 15) is 0 Å². The highest BCUT2D eigenvalue weighted by atomic mass is 16.4. The second kappa shape index (κ2) is 10.4. The number of aryl methyl sites for hydroxylation is 1. The lowest BCUT2D eigenvalue weighted by Gasteiger charge is -2.38. The maximum atomic E-state index is 6.73. The predicted octanol–water partition coefficient (Wildman–Crippen LogP) is 11.1. The third-order valence-corrected chi connectivity index (χ3v) is 10.9. The molecule has 0 aliphatic heterocycles. The lowest BCUT2D eigenvalue weighted by molar-refractivity contribution is 0.492. The number of fused-ring (bicyclic) bond motifs is 4. The molecular weight excluding hydrogens is 629 g/mol. The van der Waals surface area contributed by atoms with Crippen LogP contribution in [-0.4, -0.2) is 19.5 Å². The average molecular weight is 661 g/mol. The third kappa shape index (κ3) is 3.90. The van der Waals surface area contributed by atoms with Gasteiger partial charge in [-0.15, -0.1) is 0 Å². The number of benzene rings is 5. The second-order valence-corrected chi connectivity index (χ2v) is 14.1. The molecule has 3 aliphatic rings. The van der Waals surface area contributed by atoms with Crippen molar-refractivity contribution < 1.29 is 8.83 Å². The van der Waals surface area contributed by atoms with Crippen molar-refractivity contribution in [3.63, 3.8) is 0 Å². The minimum Gasteiger partial charge on any atom is -0.440 e. The van der Waals surface area contributed by atoms with E-state index in [0.717, 1.165) is 67.2 Å². The zero-order chi connectivity index (χ0) is 34.0. The number of nitrogens with zero attached hydrogens (tertiary/aromatic N) is 4. The summed E-state index contributed by atoms with van der Waals surface area (Å²) in [6.45, 7) is 6.51. The van der Waals surface area contributed by atoms with Crippen molar-refractivity contribution in [3.8, 4) is 28.5 Å². The first-order valence-electron chi connectivity index (χ1n) is 17.6. The number of hydrogen-bond donors (Lipinski definition) is 0. The summed E-state index contributed by atoms with van der Waals surface area (Å²) < 4.78 is 15.7. The number of hydrogen-bond acceptors (Lipinski definition) is 5. The Morgan fingerprint density at radius 1 is 0.647 bits per heavy atom. The largest absolute Gasteiger partial charge is 0.440 e. The first-order valence-corrected chi connectivity index (χ1v) is 17.6. The molecule has 2 unspecified atom stereocenters. The molecule has 6 heteroatoms. The van der Waals surface area contributed by atoms with Gasteiger partial charge >= 0.3 is 0 Å². The van der Waals surface area contributed by atoms with Crippen LogP contribution in [0, 0.1) is 6.92 Å². The second-order valence-electron chi connectivity index (χ2n) is 14.1. The quantitative estimate of drug-likeness (QED) is 0.188. The lowest BCUT2D eigenvalue weighted by Crippen LogP contribution is -2.27. The monoisotopic (exact) mass is 660 g/mol. The standard InChI is InChI=1S/C45H32N4O2/c1-24(2)27-14-9-10-19-35(27)49-40-34(47-43(49)33-18-11-17-30-31-21-20-25(3)46-45(31)50-41(30)33)23-22-32-36-28-15-7-8-16-29(28)37(38(32)40)39-42(36)51-44(48-39)26-12-5-4-6-13-26/h4-24,36-37H,1-3H3. The number of aromatic nitrogens is 4. The van der Waals surface area contributed by atoms with Gasteiger partial charge in [0.25, 0.3) is 0 Å². The van der Waals surface area contributed by atoms with Gasteiger partial charge in [0.15, 0.2) is 0 Å². The molecule has 5 aromatic carbocycles. The molecule has 2 atom stereocenters. The maximum Gasteiger partial charge on any atom is 0.227 e. The smallest absolute Gasteiger partial charge is 0.227 e. The van der Waals surface area contributed by atoms with E-state index >= 15 is 0 Å². The minimum absolute atomic E-state index is 0.0779. The number of rotatable bonds is 4. The van der Waals surface area contributed by atoms with E-state index in [4.69, 9.17) is 23.8 Å².